The van der Waals surface area contributed by atoms with Crippen LogP contribution in [-0.2, 0) is 0 Å². The van der Waals surface area contributed by atoms with Crippen LogP contribution in [-0.4, -0.2) is 52.8 Å². The van der Waals surface area contributed by atoms with Crippen LogP contribution in [0.3, 0.4) is 0 Å². The van der Waals surface area contributed by atoms with Gasteiger partial charge in [-0.2, -0.15) is 0 Å². The molecule has 1 saturated heterocycles. The summed E-state index contributed by atoms with van der Waals surface area (Å²) in [6.07, 6.45) is 0.407. The number of benzene rings is 1. The van der Waals surface area contributed by atoms with E-state index in [0.29, 0.717) is 12.0 Å². The lowest BCUT2D eigenvalue weighted by Gasteiger charge is -2.34. The Morgan fingerprint density at radius 1 is 1.40 bits per heavy atom. The van der Waals surface area contributed by atoms with Gasteiger partial charge in [-0.25, -0.2) is 0 Å². The average Bonchev–Trinajstić information content (AvgIpc) is 2.45. The number of piperazine rings is 1. The van der Waals surface area contributed by atoms with Gasteiger partial charge in [0.15, 0.2) is 0 Å². The summed E-state index contributed by atoms with van der Waals surface area (Å²) in [6.45, 7) is 3.10. The molecule has 0 radical (unpaired) electrons. The maximum atomic E-state index is 11.2. The fraction of sp³-hybridized carbons (Fsp3) is 0.538. The maximum absolute atomic E-state index is 11.2. The Balaban J connectivity index is 2.36. The second kappa shape index (κ2) is 6.65. The molecule has 0 amide bonds. The van der Waals surface area contributed by atoms with Crippen LogP contribution in [0.15, 0.2) is 18.2 Å². The van der Waals surface area contributed by atoms with E-state index in [9.17, 15) is 20.3 Å². The van der Waals surface area contributed by atoms with Crippen molar-refractivity contribution in [3.05, 3.63) is 33.9 Å². The first-order valence-electron chi connectivity index (χ1n) is 6.66. The minimum atomic E-state index is -0.443. The highest BCUT2D eigenvalue weighted by Crippen LogP contribution is 2.34. The lowest BCUT2D eigenvalue weighted by Crippen LogP contribution is -2.45. The van der Waals surface area contributed by atoms with E-state index in [2.05, 4.69) is 10.2 Å². The van der Waals surface area contributed by atoms with Gasteiger partial charge < -0.3 is 15.5 Å². The van der Waals surface area contributed by atoms with Gasteiger partial charge in [0.25, 0.3) is 5.69 Å². The number of phenols is 1. The van der Waals surface area contributed by atoms with Crippen molar-refractivity contribution in [1.82, 2.24) is 10.2 Å². The van der Waals surface area contributed by atoms with Crippen LogP contribution in [0.1, 0.15) is 18.0 Å². The summed E-state index contributed by atoms with van der Waals surface area (Å²) in [5, 5.41) is 33.3. The Morgan fingerprint density at radius 2 is 2.10 bits per heavy atom. The SMILES string of the molecule is O=[N+]([O-])c1ccc(O)cc1[C@H](CCO)N1CCNCC1. The lowest BCUT2D eigenvalue weighted by molar-refractivity contribution is -0.386. The summed E-state index contributed by atoms with van der Waals surface area (Å²) in [4.78, 5) is 12.8. The zero-order valence-corrected chi connectivity index (χ0v) is 11.2. The third-order valence-electron chi connectivity index (χ3n) is 3.56. The molecule has 1 aromatic carbocycles. The van der Waals surface area contributed by atoms with Crippen LogP contribution in [0, 0.1) is 10.1 Å². The smallest absolute Gasteiger partial charge is 0.274 e. The molecule has 0 spiro atoms. The fourth-order valence-corrected chi connectivity index (χ4v) is 2.63. The summed E-state index contributed by atoms with van der Waals surface area (Å²) in [6, 6.07) is 3.81. The van der Waals surface area contributed by atoms with Crippen molar-refractivity contribution < 1.29 is 15.1 Å². The molecule has 2 rings (SSSR count). The molecular formula is C13H19N3O4. The van der Waals surface area contributed by atoms with Gasteiger partial charge in [-0.05, 0) is 18.6 Å². The molecule has 3 N–H and O–H groups in total. The van der Waals surface area contributed by atoms with Gasteiger partial charge in [-0.15, -0.1) is 0 Å². The predicted molar refractivity (Wildman–Crippen MR) is 73.6 cm³/mol. The monoisotopic (exact) mass is 281 g/mol. The first-order valence-corrected chi connectivity index (χ1v) is 6.66. The van der Waals surface area contributed by atoms with Crippen molar-refractivity contribution in [1.29, 1.82) is 0 Å². The summed E-state index contributed by atoms with van der Waals surface area (Å²) >= 11 is 0. The van der Waals surface area contributed by atoms with Crippen molar-refractivity contribution in [2.24, 2.45) is 0 Å². The highest BCUT2D eigenvalue weighted by atomic mass is 16.6. The van der Waals surface area contributed by atoms with Crippen LogP contribution in [0.2, 0.25) is 0 Å². The van der Waals surface area contributed by atoms with Crippen LogP contribution in [0.5, 0.6) is 5.75 Å². The van der Waals surface area contributed by atoms with Crippen molar-refractivity contribution in [2.45, 2.75) is 12.5 Å². The first-order chi connectivity index (χ1) is 9.63. The Bertz CT molecular complexity index is 475. The molecule has 0 saturated carbocycles. The van der Waals surface area contributed by atoms with Crippen LogP contribution in [0.4, 0.5) is 5.69 Å². The topological polar surface area (TPSA) is 98.9 Å². The summed E-state index contributed by atoms with van der Waals surface area (Å²) < 4.78 is 0. The van der Waals surface area contributed by atoms with Gasteiger partial charge in [0.1, 0.15) is 5.75 Å². The Hall–Kier alpha value is -1.70. The van der Waals surface area contributed by atoms with Gasteiger partial charge in [-0.1, -0.05) is 0 Å². The maximum Gasteiger partial charge on any atom is 0.274 e. The van der Waals surface area contributed by atoms with Crippen LogP contribution in [0.25, 0.3) is 0 Å². The predicted octanol–water partition coefficient (Wildman–Crippen LogP) is 0.629. The second-order valence-corrected chi connectivity index (χ2v) is 4.81. The number of nitro benzene ring substituents is 1. The zero-order valence-electron chi connectivity index (χ0n) is 11.2. The largest absolute Gasteiger partial charge is 0.508 e. The highest BCUT2D eigenvalue weighted by molar-refractivity contribution is 5.46. The minimum absolute atomic E-state index is 0.00340. The second-order valence-electron chi connectivity index (χ2n) is 4.81. The highest BCUT2D eigenvalue weighted by Gasteiger charge is 2.28. The quantitative estimate of drug-likeness (QED) is 0.541. The summed E-state index contributed by atoms with van der Waals surface area (Å²) in [7, 11) is 0. The van der Waals surface area contributed by atoms with Gasteiger partial charge in [0.05, 0.1) is 10.5 Å². The number of aliphatic hydroxyl groups is 1. The summed E-state index contributed by atoms with van der Waals surface area (Å²) in [5.74, 6) is 0.00340. The molecule has 0 aromatic heterocycles. The number of nitro groups is 1. The Labute approximate surface area is 117 Å². The molecule has 7 heteroatoms. The Morgan fingerprint density at radius 3 is 2.70 bits per heavy atom. The Kier molecular flexibility index (Phi) is 4.89. The molecule has 1 aromatic rings. The molecular weight excluding hydrogens is 262 g/mol. The normalized spacial score (nSPS) is 17.9. The fourth-order valence-electron chi connectivity index (χ4n) is 2.63. The number of rotatable bonds is 5. The molecule has 1 fully saturated rings. The molecule has 1 aliphatic rings. The van der Waals surface area contributed by atoms with E-state index in [1.165, 1.54) is 18.2 Å². The number of hydrogen-bond donors (Lipinski definition) is 3. The van der Waals surface area contributed by atoms with E-state index >= 15 is 0 Å². The van der Waals surface area contributed by atoms with Gasteiger partial charge in [0.2, 0.25) is 0 Å². The summed E-state index contributed by atoms with van der Waals surface area (Å²) in [5.41, 5.74) is 0.450. The van der Waals surface area contributed by atoms with E-state index in [1.807, 2.05) is 0 Å². The number of phenolic OH excluding ortho intramolecular Hbond substituents is 1. The zero-order chi connectivity index (χ0) is 14.5. The van der Waals surface area contributed by atoms with Gasteiger partial charge in [-0.3, -0.25) is 15.0 Å². The van der Waals surface area contributed by atoms with Gasteiger partial charge in [0, 0.05) is 44.9 Å². The number of hydrogen-bond acceptors (Lipinski definition) is 6. The third-order valence-corrected chi connectivity index (χ3v) is 3.56. The molecule has 110 valence electrons. The van der Waals surface area contributed by atoms with E-state index in [0.717, 1.165) is 26.2 Å². The van der Waals surface area contributed by atoms with E-state index in [1.54, 1.807) is 0 Å². The molecule has 1 atom stereocenters. The number of aliphatic hydroxyl groups excluding tert-OH is 1. The molecule has 1 aliphatic heterocycles. The molecule has 7 nitrogen and oxygen atoms in total. The van der Waals surface area contributed by atoms with E-state index in [-0.39, 0.29) is 24.1 Å². The van der Waals surface area contributed by atoms with E-state index in [4.69, 9.17) is 0 Å². The van der Waals surface area contributed by atoms with Crippen molar-refractivity contribution in [3.8, 4) is 5.75 Å². The average molecular weight is 281 g/mol. The number of aromatic hydroxyl groups is 1. The number of nitrogens with zero attached hydrogens (tertiary/aromatic N) is 2. The van der Waals surface area contributed by atoms with Crippen molar-refractivity contribution >= 4 is 5.69 Å². The standard InChI is InChI=1S/C13H19N3O4/c17-8-3-12(15-6-4-14-5-7-15)11-9-10(18)1-2-13(11)16(19)20/h1-2,9,12,14,17-18H,3-8H2/t12-/m0/s1. The van der Waals surface area contributed by atoms with Crippen molar-refractivity contribution in [3.63, 3.8) is 0 Å². The molecule has 0 aliphatic carbocycles. The number of nitrogens with one attached hydrogen (secondary N) is 1. The van der Waals surface area contributed by atoms with Crippen LogP contribution >= 0.6 is 0 Å². The molecule has 0 bridgehead atoms. The minimum Gasteiger partial charge on any atom is -0.508 e. The third kappa shape index (κ3) is 3.24. The molecule has 1 heterocycles. The molecule has 20 heavy (non-hydrogen) atoms. The van der Waals surface area contributed by atoms with Crippen LogP contribution < -0.4 is 5.32 Å². The van der Waals surface area contributed by atoms with Crippen molar-refractivity contribution in [2.75, 3.05) is 32.8 Å². The first kappa shape index (κ1) is 14.7. The molecule has 0 unspecified atom stereocenters. The lowest BCUT2D eigenvalue weighted by atomic mass is 9.99. The van der Waals surface area contributed by atoms with E-state index < -0.39 is 4.92 Å². The van der Waals surface area contributed by atoms with Gasteiger partial charge >= 0.3 is 0 Å².